The second kappa shape index (κ2) is 11.6. The SMILES string of the molecule is CCOc1ccc(N(CC(=O)NC(CC)CC)S(=O)(=O)c2ccc(OC)c(OC)c2)cc1. The van der Waals surface area contributed by atoms with Crippen molar-refractivity contribution in [3.63, 3.8) is 0 Å². The Balaban J connectivity index is 2.47. The first-order valence-electron chi connectivity index (χ1n) is 10.6. The van der Waals surface area contributed by atoms with Crippen molar-refractivity contribution in [1.29, 1.82) is 0 Å². The third kappa shape index (κ3) is 6.06. The number of benzene rings is 2. The molecule has 0 radical (unpaired) electrons. The average molecular weight is 465 g/mol. The third-order valence-corrected chi connectivity index (χ3v) is 6.79. The summed E-state index contributed by atoms with van der Waals surface area (Å²) in [7, 11) is -1.18. The summed E-state index contributed by atoms with van der Waals surface area (Å²) in [5.41, 5.74) is 0.350. The highest BCUT2D eigenvalue weighted by molar-refractivity contribution is 7.92. The number of nitrogens with zero attached hydrogens (tertiary/aromatic N) is 1. The summed E-state index contributed by atoms with van der Waals surface area (Å²) in [6, 6.07) is 10.9. The van der Waals surface area contributed by atoms with Crippen LogP contribution in [0.25, 0.3) is 0 Å². The van der Waals surface area contributed by atoms with Gasteiger partial charge in [-0.15, -0.1) is 0 Å². The second-order valence-corrected chi connectivity index (χ2v) is 8.90. The molecule has 0 saturated carbocycles. The van der Waals surface area contributed by atoms with E-state index in [1.54, 1.807) is 24.3 Å². The van der Waals surface area contributed by atoms with Crippen LogP contribution in [-0.4, -0.2) is 47.7 Å². The first-order valence-corrected chi connectivity index (χ1v) is 12.0. The van der Waals surface area contributed by atoms with Crippen LogP contribution < -0.4 is 23.8 Å². The zero-order valence-electron chi connectivity index (χ0n) is 19.3. The summed E-state index contributed by atoms with van der Waals surface area (Å²) in [5.74, 6) is 0.921. The summed E-state index contributed by atoms with van der Waals surface area (Å²) >= 11 is 0. The molecule has 0 aliphatic rings. The van der Waals surface area contributed by atoms with Gasteiger partial charge in [-0.2, -0.15) is 0 Å². The Morgan fingerprint density at radius 1 is 0.969 bits per heavy atom. The molecular formula is C23H32N2O6S. The first kappa shape index (κ1) is 25.3. The van der Waals surface area contributed by atoms with Crippen molar-refractivity contribution in [3.05, 3.63) is 42.5 Å². The molecule has 1 N–H and O–H groups in total. The largest absolute Gasteiger partial charge is 0.494 e. The fraction of sp³-hybridized carbons (Fsp3) is 0.435. The van der Waals surface area contributed by atoms with Gasteiger partial charge in [0.05, 0.1) is 31.4 Å². The van der Waals surface area contributed by atoms with E-state index in [4.69, 9.17) is 14.2 Å². The van der Waals surface area contributed by atoms with Gasteiger partial charge in [-0.3, -0.25) is 9.10 Å². The molecule has 8 nitrogen and oxygen atoms in total. The number of hydrogen-bond donors (Lipinski definition) is 1. The van der Waals surface area contributed by atoms with Gasteiger partial charge in [0.25, 0.3) is 10.0 Å². The van der Waals surface area contributed by atoms with Crippen molar-refractivity contribution < 1.29 is 27.4 Å². The number of sulfonamides is 1. The fourth-order valence-electron chi connectivity index (χ4n) is 3.19. The minimum absolute atomic E-state index is 0.0145. The number of nitrogens with one attached hydrogen (secondary N) is 1. The first-order chi connectivity index (χ1) is 15.3. The van der Waals surface area contributed by atoms with Crippen molar-refractivity contribution in [3.8, 4) is 17.2 Å². The van der Waals surface area contributed by atoms with Gasteiger partial charge < -0.3 is 19.5 Å². The Hall–Kier alpha value is -2.94. The Morgan fingerprint density at radius 3 is 2.12 bits per heavy atom. The summed E-state index contributed by atoms with van der Waals surface area (Å²) in [5, 5.41) is 2.90. The van der Waals surface area contributed by atoms with Crippen molar-refractivity contribution in [2.75, 3.05) is 31.7 Å². The lowest BCUT2D eigenvalue weighted by Crippen LogP contribution is -2.44. The van der Waals surface area contributed by atoms with Gasteiger partial charge >= 0.3 is 0 Å². The molecule has 0 aliphatic heterocycles. The van der Waals surface area contributed by atoms with Crippen LogP contribution in [0.4, 0.5) is 5.69 Å². The standard InChI is InChI=1S/C23H32N2O6S/c1-6-17(7-2)24-23(26)16-25(18-9-11-19(12-10-18)31-8-3)32(27,28)20-13-14-21(29-4)22(15-20)30-5/h9-15,17H,6-8,16H2,1-5H3,(H,24,26). The molecule has 176 valence electrons. The van der Waals surface area contributed by atoms with E-state index in [2.05, 4.69) is 5.32 Å². The van der Waals surface area contributed by atoms with Crippen molar-refractivity contribution in [1.82, 2.24) is 5.32 Å². The molecule has 32 heavy (non-hydrogen) atoms. The molecule has 0 unspecified atom stereocenters. The van der Waals surface area contributed by atoms with Crippen molar-refractivity contribution >= 4 is 21.6 Å². The van der Waals surface area contributed by atoms with E-state index in [9.17, 15) is 13.2 Å². The minimum Gasteiger partial charge on any atom is -0.494 e. The van der Waals surface area contributed by atoms with E-state index >= 15 is 0 Å². The molecule has 0 saturated heterocycles. The molecule has 0 bridgehead atoms. The number of ether oxygens (including phenoxy) is 3. The number of amides is 1. The molecule has 0 heterocycles. The molecule has 2 rings (SSSR count). The predicted molar refractivity (Wildman–Crippen MR) is 124 cm³/mol. The van der Waals surface area contributed by atoms with Crippen LogP contribution in [0, 0.1) is 0 Å². The maximum atomic E-state index is 13.6. The predicted octanol–water partition coefficient (Wildman–Crippen LogP) is 3.60. The minimum atomic E-state index is -4.09. The number of carbonyl (C=O) groups excluding carboxylic acids is 1. The summed E-state index contributed by atoms with van der Waals surface area (Å²) in [6.45, 7) is 5.94. The molecule has 2 aromatic carbocycles. The maximum Gasteiger partial charge on any atom is 0.264 e. The van der Waals surface area contributed by atoms with E-state index in [0.29, 0.717) is 23.8 Å². The van der Waals surface area contributed by atoms with Gasteiger partial charge in [-0.25, -0.2) is 8.42 Å². The summed E-state index contributed by atoms with van der Waals surface area (Å²) in [6.07, 6.45) is 1.52. The monoisotopic (exact) mass is 464 g/mol. The van der Waals surface area contributed by atoms with E-state index in [1.807, 2.05) is 20.8 Å². The van der Waals surface area contributed by atoms with E-state index in [0.717, 1.165) is 17.1 Å². The van der Waals surface area contributed by atoms with E-state index in [1.165, 1.54) is 32.4 Å². The Morgan fingerprint density at radius 2 is 1.59 bits per heavy atom. The van der Waals surface area contributed by atoms with Gasteiger partial charge in [0.1, 0.15) is 12.3 Å². The van der Waals surface area contributed by atoms with Crippen LogP contribution in [0.5, 0.6) is 17.2 Å². The molecule has 0 spiro atoms. The molecule has 0 fully saturated rings. The second-order valence-electron chi connectivity index (χ2n) is 7.04. The maximum absolute atomic E-state index is 13.6. The number of hydrogen-bond acceptors (Lipinski definition) is 6. The van der Waals surface area contributed by atoms with Crippen molar-refractivity contribution in [2.24, 2.45) is 0 Å². The summed E-state index contributed by atoms with van der Waals surface area (Å²) < 4.78 is 44.2. The lowest BCUT2D eigenvalue weighted by molar-refractivity contribution is -0.120. The van der Waals surface area contributed by atoms with Crippen LogP contribution in [0.1, 0.15) is 33.6 Å². The number of rotatable bonds is 12. The molecule has 0 aromatic heterocycles. The van der Waals surface area contributed by atoms with Crippen LogP contribution in [0.2, 0.25) is 0 Å². The van der Waals surface area contributed by atoms with Crippen LogP contribution >= 0.6 is 0 Å². The third-order valence-electron chi connectivity index (χ3n) is 5.02. The fourth-order valence-corrected chi connectivity index (χ4v) is 4.63. The molecule has 9 heteroatoms. The number of carbonyl (C=O) groups is 1. The van der Waals surface area contributed by atoms with Gasteiger partial charge in [-0.1, -0.05) is 13.8 Å². The van der Waals surface area contributed by atoms with Crippen molar-refractivity contribution in [2.45, 2.75) is 44.6 Å². The average Bonchev–Trinajstić information content (AvgIpc) is 2.81. The molecule has 0 aliphatic carbocycles. The normalized spacial score (nSPS) is 11.2. The smallest absolute Gasteiger partial charge is 0.264 e. The topological polar surface area (TPSA) is 94.2 Å². The highest BCUT2D eigenvalue weighted by Gasteiger charge is 2.29. The molecule has 0 atom stereocenters. The zero-order valence-corrected chi connectivity index (χ0v) is 20.1. The quantitative estimate of drug-likeness (QED) is 0.516. The number of methoxy groups -OCH3 is 2. The van der Waals surface area contributed by atoms with Crippen LogP contribution in [0.3, 0.4) is 0 Å². The highest BCUT2D eigenvalue weighted by Crippen LogP contribution is 2.32. The van der Waals surface area contributed by atoms with Gasteiger partial charge in [0.2, 0.25) is 5.91 Å². The Kier molecular flexibility index (Phi) is 9.19. The van der Waals surface area contributed by atoms with Crippen LogP contribution in [-0.2, 0) is 14.8 Å². The number of anilines is 1. The van der Waals surface area contributed by atoms with Gasteiger partial charge in [0.15, 0.2) is 11.5 Å². The Labute approximate surface area is 190 Å². The zero-order chi connectivity index (χ0) is 23.7. The van der Waals surface area contributed by atoms with Gasteiger partial charge in [0, 0.05) is 12.1 Å². The van der Waals surface area contributed by atoms with Crippen LogP contribution in [0.15, 0.2) is 47.4 Å². The van der Waals surface area contributed by atoms with E-state index in [-0.39, 0.29) is 29.1 Å². The lowest BCUT2D eigenvalue weighted by Gasteiger charge is -2.26. The summed E-state index contributed by atoms with van der Waals surface area (Å²) in [4.78, 5) is 12.7. The molecular weight excluding hydrogens is 432 g/mol. The molecule has 1 amide bonds. The van der Waals surface area contributed by atoms with E-state index < -0.39 is 10.0 Å². The lowest BCUT2D eigenvalue weighted by atomic mass is 10.2. The molecule has 2 aromatic rings. The Bertz CT molecular complexity index is 988. The highest BCUT2D eigenvalue weighted by atomic mass is 32.2. The van der Waals surface area contributed by atoms with Gasteiger partial charge in [-0.05, 0) is 56.2 Å².